The summed E-state index contributed by atoms with van der Waals surface area (Å²) in [5.74, 6) is 0.916. The predicted octanol–water partition coefficient (Wildman–Crippen LogP) is 4.98. The van der Waals surface area contributed by atoms with Crippen molar-refractivity contribution in [3.05, 3.63) is 64.7 Å². The van der Waals surface area contributed by atoms with Crippen LogP contribution in [-0.2, 0) is 6.54 Å². The summed E-state index contributed by atoms with van der Waals surface area (Å²) >= 11 is 5.91. The number of rotatable bonds is 6. The van der Waals surface area contributed by atoms with Crippen LogP contribution in [0.3, 0.4) is 0 Å². The molecular formula is C18H22ClNO. The van der Waals surface area contributed by atoms with Gasteiger partial charge in [0.25, 0.3) is 0 Å². The van der Waals surface area contributed by atoms with Crippen molar-refractivity contribution in [2.24, 2.45) is 0 Å². The minimum absolute atomic E-state index is 0.207. The SMILES string of the molecule is CC(C)Oc1ccc(CN[C@@H](C)c2ccc(Cl)cc2)cc1. The molecule has 2 nitrogen and oxygen atoms in total. The standard InChI is InChI=1S/C18H22ClNO/c1-13(2)21-18-10-4-15(5-11-18)12-20-14(3)16-6-8-17(19)9-7-16/h4-11,13-14,20H,12H2,1-3H3/t14-/m0/s1. The third kappa shape index (κ3) is 5.07. The Labute approximate surface area is 132 Å². The van der Waals surface area contributed by atoms with E-state index < -0.39 is 0 Å². The molecule has 2 rings (SSSR count). The Hall–Kier alpha value is -1.51. The minimum atomic E-state index is 0.207. The molecule has 0 aromatic heterocycles. The van der Waals surface area contributed by atoms with Crippen molar-refractivity contribution < 1.29 is 4.74 Å². The van der Waals surface area contributed by atoms with Crippen LogP contribution in [0.25, 0.3) is 0 Å². The molecule has 0 unspecified atom stereocenters. The number of ether oxygens (including phenoxy) is 1. The van der Waals surface area contributed by atoms with Crippen molar-refractivity contribution in [1.29, 1.82) is 0 Å². The van der Waals surface area contributed by atoms with E-state index in [2.05, 4.69) is 36.5 Å². The zero-order valence-corrected chi connectivity index (χ0v) is 13.5. The van der Waals surface area contributed by atoms with Crippen LogP contribution in [0.15, 0.2) is 48.5 Å². The molecule has 0 amide bonds. The van der Waals surface area contributed by atoms with Crippen LogP contribution < -0.4 is 10.1 Å². The Morgan fingerprint density at radius 3 is 2.14 bits per heavy atom. The summed E-state index contributed by atoms with van der Waals surface area (Å²) in [6.07, 6.45) is 0.207. The van der Waals surface area contributed by atoms with E-state index >= 15 is 0 Å². The molecule has 3 heteroatoms. The van der Waals surface area contributed by atoms with Crippen molar-refractivity contribution in [2.75, 3.05) is 0 Å². The summed E-state index contributed by atoms with van der Waals surface area (Å²) in [7, 11) is 0. The fourth-order valence-corrected chi connectivity index (χ4v) is 2.22. The highest BCUT2D eigenvalue weighted by Crippen LogP contribution is 2.18. The largest absolute Gasteiger partial charge is 0.491 e. The van der Waals surface area contributed by atoms with Gasteiger partial charge < -0.3 is 10.1 Å². The number of benzene rings is 2. The molecule has 0 fully saturated rings. The van der Waals surface area contributed by atoms with Crippen molar-refractivity contribution in [1.82, 2.24) is 5.32 Å². The topological polar surface area (TPSA) is 21.3 Å². The van der Waals surface area contributed by atoms with E-state index in [1.165, 1.54) is 11.1 Å². The van der Waals surface area contributed by atoms with Crippen LogP contribution in [0.1, 0.15) is 37.9 Å². The molecule has 0 radical (unpaired) electrons. The summed E-state index contributed by atoms with van der Waals surface area (Å²) in [4.78, 5) is 0. The molecule has 0 saturated carbocycles. The Bertz CT molecular complexity index is 548. The average Bonchev–Trinajstić information content (AvgIpc) is 2.46. The highest BCUT2D eigenvalue weighted by atomic mass is 35.5. The van der Waals surface area contributed by atoms with E-state index in [9.17, 15) is 0 Å². The molecule has 112 valence electrons. The van der Waals surface area contributed by atoms with Gasteiger partial charge in [-0.15, -0.1) is 0 Å². The first-order valence-corrected chi connectivity index (χ1v) is 7.67. The molecule has 0 heterocycles. The maximum atomic E-state index is 5.91. The van der Waals surface area contributed by atoms with E-state index in [0.717, 1.165) is 17.3 Å². The first-order chi connectivity index (χ1) is 10.0. The average molecular weight is 304 g/mol. The first kappa shape index (κ1) is 15.9. The quantitative estimate of drug-likeness (QED) is 0.813. The second-order valence-electron chi connectivity index (χ2n) is 5.46. The van der Waals surface area contributed by atoms with E-state index in [4.69, 9.17) is 16.3 Å². The minimum Gasteiger partial charge on any atom is -0.491 e. The Morgan fingerprint density at radius 2 is 1.57 bits per heavy atom. The highest BCUT2D eigenvalue weighted by Gasteiger charge is 2.05. The predicted molar refractivity (Wildman–Crippen MR) is 88.9 cm³/mol. The van der Waals surface area contributed by atoms with Gasteiger partial charge in [-0.05, 0) is 56.2 Å². The highest BCUT2D eigenvalue weighted by molar-refractivity contribution is 6.30. The van der Waals surface area contributed by atoms with E-state index in [0.29, 0.717) is 0 Å². The lowest BCUT2D eigenvalue weighted by Crippen LogP contribution is -2.18. The van der Waals surface area contributed by atoms with Crippen LogP contribution in [0.5, 0.6) is 5.75 Å². The molecule has 0 aliphatic rings. The second kappa shape index (κ2) is 7.48. The fraction of sp³-hybridized carbons (Fsp3) is 0.333. The lowest BCUT2D eigenvalue weighted by atomic mass is 10.1. The molecule has 2 aromatic rings. The lowest BCUT2D eigenvalue weighted by Gasteiger charge is -2.15. The molecule has 0 bridgehead atoms. The molecule has 1 atom stereocenters. The van der Waals surface area contributed by atoms with Gasteiger partial charge in [-0.1, -0.05) is 35.9 Å². The van der Waals surface area contributed by atoms with Gasteiger partial charge in [-0.25, -0.2) is 0 Å². The van der Waals surface area contributed by atoms with Crippen molar-refractivity contribution in [2.45, 2.75) is 39.5 Å². The zero-order chi connectivity index (χ0) is 15.2. The van der Waals surface area contributed by atoms with Gasteiger partial charge in [0.1, 0.15) is 5.75 Å². The Balaban J connectivity index is 1.88. The second-order valence-corrected chi connectivity index (χ2v) is 5.90. The van der Waals surface area contributed by atoms with Gasteiger partial charge in [0.2, 0.25) is 0 Å². The zero-order valence-electron chi connectivity index (χ0n) is 12.8. The van der Waals surface area contributed by atoms with Crippen molar-refractivity contribution in [3.8, 4) is 5.75 Å². The molecule has 21 heavy (non-hydrogen) atoms. The third-order valence-electron chi connectivity index (χ3n) is 3.28. The number of hydrogen-bond acceptors (Lipinski definition) is 2. The van der Waals surface area contributed by atoms with Crippen LogP contribution in [0.4, 0.5) is 0 Å². The maximum Gasteiger partial charge on any atom is 0.119 e. The summed E-state index contributed by atoms with van der Waals surface area (Å²) in [5, 5.41) is 4.28. The third-order valence-corrected chi connectivity index (χ3v) is 3.53. The molecule has 0 spiro atoms. The van der Waals surface area contributed by atoms with Crippen molar-refractivity contribution >= 4 is 11.6 Å². The van der Waals surface area contributed by atoms with Crippen LogP contribution >= 0.6 is 11.6 Å². The van der Waals surface area contributed by atoms with Crippen LogP contribution in [0.2, 0.25) is 5.02 Å². The van der Waals surface area contributed by atoms with Crippen LogP contribution in [0, 0.1) is 0 Å². The number of halogens is 1. The summed E-state index contributed by atoms with van der Waals surface area (Å²) in [6.45, 7) is 7.04. The van der Waals surface area contributed by atoms with Gasteiger partial charge in [-0.2, -0.15) is 0 Å². The summed E-state index contributed by atoms with van der Waals surface area (Å²) in [5.41, 5.74) is 2.48. The summed E-state index contributed by atoms with van der Waals surface area (Å²) in [6, 6.07) is 16.5. The van der Waals surface area contributed by atoms with Crippen LogP contribution in [-0.4, -0.2) is 6.10 Å². The normalized spacial score (nSPS) is 12.4. The van der Waals surface area contributed by atoms with E-state index in [1.807, 2.05) is 38.1 Å². The van der Waals surface area contributed by atoms with Gasteiger partial charge in [0.15, 0.2) is 0 Å². The smallest absolute Gasteiger partial charge is 0.119 e. The lowest BCUT2D eigenvalue weighted by molar-refractivity contribution is 0.242. The summed E-state index contributed by atoms with van der Waals surface area (Å²) < 4.78 is 5.64. The van der Waals surface area contributed by atoms with Crippen molar-refractivity contribution in [3.63, 3.8) is 0 Å². The van der Waals surface area contributed by atoms with E-state index in [-0.39, 0.29) is 12.1 Å². The molecule has 0 saturated heterocycles. The Kier molecular flexibility index (Phi) is 5.66. The van der Waals surface area contributed by atoms with E-state index in [1.54, 1.807) is 0 Å². The first-order valence-electron chi connectivity index (χ1n) is 7.29. The Morgan fingerprint density at radius 1 is 0.952 bits per heavy atom. The van der Waals surface area contributed by atoms with Gasteiger partial charge in [-0.3, -0.25) is 0 Å². The fourth-order valence-electron chi connectivity index (χ4n) is 2.10. The maximum absolute atomic E-state index is 5.91. The molecule has 0 aliphatic heterocycles. The van der Waals surface area contributed by atoms with Gasteiger partial charge >= 0.3 is 0 Å². The van der Waals surface area contributed by atoms with Gasteiger partial charge in [0, 0.05) is 17.6 Å². The molecule has 0 aliphatic carbocycles. The number of hydrogen-bond donors (Lipinski definition) is 1. The van der Waals surface area contributed by atoms with Gasteiger partial charge in [0.05, 0.1) is 6.10 Å². The molecular weight excluding hydrogens is 282 g/mol. The molecule has 1 N–H and O–H groups in total. The monoisotopic (exact) mass is 303 g/mol. The molecule has 2 aromatic carbocycles. The number of nitrogens with one attached hydrogen (secondary N) is 1.